The maximum atomic E-state index is 11.3. The Bertz CT molecular complexity index is 966. The number of nitro groups is 2. The van der Waals surface area contributed by atoms with E-state index in [2.05, 4.69) is 0 Å². The van der Waals surface area contributed by atoms with Gasteiger partial charge in [-0.05, 0) is 24.1 Å². The third kappa shape index (κ3) is 4.12. The molecule has 0 saturated carbocycles. The topological polar surface area (TPSA) is 231 Å². The molecule has 0 spiro atoms. The number of hydrogen-bond acceptors (Lipinski definition) is 10. The zero-order chi connectivity index (χ0) is 22.0. The molecule has 2 aromatic rings. The highest BCUT2D eigenvalue weighted by atomic mass is 16.6. The lowest BCUT2D eigenvalue weighted by molar-refractivity contribution is -0.384. The monoisotopic (exact) mass is 406 g/mol. The van der Waals surface area contributed by atoms with E-state index in [1.807, 2.05) is 0 Å². The van der Waals surface area contributed by atoms with Gasteiger partial charge in [-0.25, -0.2) is 0 Å². The molecule has 0 bridgehead atoms. The van der Waals surface area contributed by atoms with Gasteiger partial charge < -0.3 is 33.1 Å². The van der Waals surface area contributed by atoms with Crippen molar-refractivity contribution in [1.29, 1.82) is 0 Å². The Morgan fingerprint density at radius 3 is 1.69 bits per heavy atom. The van der Waals surface area contributed by atoms with Gasteiger partial charge in [0.2, 0.25) is 0 Å². The summed E-state index contributed by atoms with van der Waals surface area (Å²) in [5, 5.41) is 44.1. The second kappa shape index (κ2) is 8.16. The normalized spacial score (nSPS) is 14.2. The molecule has 0 aromatic heterocycles. The Kier molecular flexibility index (Phi) is 6.09. The molecule has 0 saturated heterocycles. The molecule has 10 N–H and O–H groups in total. The van der Waals surface area contributed by atoms with E-state index in [1.54, 1.807) is 6.92 Å². The van der Waals surface area contributed by atoms with Crippen LogP contribution in [0.4, 0.5) is 34.1 Å². The molecule has 12 nitrogen and oxygen atoms in total. The molecular weight excluding hydrogens is 384 g/mol. The predicted octanol–water partition coefficient (Wildman–Crippen LogP) is 1.42. The first-order chi connectivity index (χ1) is 13.5. The average Bonchev–Trinajstić information content (AvgIpc) is 2.65. The summed E-state index contributed by atoms with van der Waals surface area (Å²) in [6, 6.07) is 4.63. The molecule has 2 rings (SSSR count). The molecule has 0 amide bonds. The van der Waals surface area contributed by atoms with Crippen LogP contribution in [0, 0.1) is 20.2 Å². The summed E-state index contributed by atoms with van der Waals surface area (Å²) in [5.74, 6) is -1.22. The summed E-state index contributed by atoms with van der Waals surface area (Å²) >= 11 is 0. The third-order valence-electron chi connectivity index (χ3n) is 4.67. The maximum Gasteiger partial charge on any atom is 0.294 e. The molecule has 2 aromatic carbocycles. The number of benzene rings is 2. The van der Waals surface area contributed by atoms with Crippen LogP contribution in [0.3, 0.4) is 0 Å². The summed E-state index contributed by atoms with van der Waals surface area (Å²) in [6.45, 7) is 1.62. The van der Waals surface area contributed by atoms with E-state index < -0.39 is 39.3 Å². The number of nitrogens with zero attached hydrogens (tertiary/aromatic N) is 2. The molecule has 0 fully saturated rings. The lowest BCUT2D eigenvalue weighted by Gasteiger charge is -2.29. The molecule has 0 aliphatic heterocycles. The number of aliphatic hydroxyl groups is 2. The lowest BCUT2D eigenvalue weighted by Crippen LogP contribution is -2.26. The van der Waals surface area contributed by atoms with Gasteiger partial charge in [-0.1, -0.05) is 6.92 Å². The van der Waals surface area contributed by atoms with E-state index in [0.717, 1.165) is 12.1 Å². The Morgan fingerprint density at radius 2 is 1.28 bits per heavy atom. The largest absolute Gasteiger partial charge is 0.399 e. The predicted molar refractivity (Wildman–Crippen MR) is 108 cm³/mol. The van der Waals surface area contributed by atoms with Gasteiger partial charge in [-0.15, -0.1) is 0 Å². The molecule has 0 radical (unpaired) electrons. The van der Waals surface area contributed by atoms with Crippen LogP contribution >= 0.6 is 0 Å². The number of nitro benzene ring substituents is 2. The number of hydrogen-bond donors (Lipinski definition) is 6. The Hall–Kier alpha value is -3.64. The van der Waals surface area contributed by atoms with Crippen LogP contribution in [0.5, 0.6) is 0 Å². The highest BCUT2D eigenvalue weighted by molar-refractivity contribution is 5.72. The summed E-state index contributed by atoms with van der Waals surface area (Å²) in [4.78, 5) is 21.0. The SMILES string of the molecule is CCC(O)C(c1cc(N)cc([N+](=O)[O-])c1N)C(O)c1cc(N)cc([N+](=O)[O-])c1N. The number of rotatable bonds is 7. The van der Waals surface area contributed by atoms with Crippen molar-refractivity contribution < 1.29 is 20.1 Å². The minimum atomic E-state index is -1.61. The van der Waals surface area contributed by atoms with Crippen LogP contribution in [-0.4, -0.2) is 26.2 Å². The smallest absolute Gasteiger partial charge is 0.294 e. The number of nitrogen functional groups attached to an aromatic ring is 4. The first-order valence-corrected chi connectivity index (χ1v) is 8.52. The molecule has 29 heavy (non-hydrogen) atoms. The van der Waals surface area contributed by atoms with Gasteiger partial charge in [-0.3, -0.25) is 20.2 Å². The van der Waals surface area contributed by atoms with Crippen LogP contribution < -0.4 is 22.9 Å². The molecule has 0 heterocycles. The maximum absolute atomic E-state index is 11.3. The Balaban J connectivity index is 2.74. The Labute approximate surface area is 165 Å². The van der Waals surface area contributed by atoms with Crippen molar-refractivity contribution >= 4 is 34.1 Å². The quantitative estimate of drug-likeness (QED) is 0.220. The average molecular weight is 406 g/mol. The van der Waals surface area contributed by atoms with Gasteiger partial charge >= 0.3 is 0 Å². The van der Waals surface area contributed by atoms with E-state index in [4.69, 9.17) is 22.9 Å². The fourth-order valence-electron chi connectivity index (χ4n) is 3.22. The number of anilines is 4. The molecule has 3 unspecified atom stereocenters. The molecule has 0 aliphatic carbocycles. The zero-order valence-electron chi connectivity index (χ0n) is 15.5. The fourth-order valence-corrected chi connectivity index (χ4v) is 3.22. The van der Waals surface area contributed by atoms with E-state index in [9.17, 15) is 30.4 Å². The molecule has 156 valence electrons. The van der Waals surface area contributed by atoms with E-state index >= 15 is 0 Å². The second-order valence-corrected chi connectivity index (χ2v) is 6.55. The van der Waals surface area contributed by atoms with Gasteiger partial charge in [0.15, 0.2) is 0 Å². The first kappa shape index (κ1) is 21.7. The minimum Gasteiger partial charge on any atom is -0.399 e. The van der Waals surface area contributed by atoms with Crippen molar-refractivity contribution in [3.63, 3.8) is 0 Å². The van der Waals surface area contributed by atoms with Gasteiger partial charge in [-0.2, -0.15) is 0 Å². The van der Waals surface area contributed by atoms with Crippen LogP contribution in [0.15, 0.2) is 24.3 Å². The molecule has 0 aliphatic rings. The zero-order valence-corrected chi connectivity index (χ0v) is 15.5. The lowest BCUT2D eigenvalue weighted by atomic mass is 9.82. The van der Waals surface area contributed by atoms with E-state index in [-0.39, 0.29) is 40.3 Å². The minimum absolute atomic E-state index is 0.00655. The second-order valence-electron chi connectivity index (χ2n) is 6.55. The summed E-state index contributed by atoms with van der Waals surface area (Å²) in [5.41, 5.74) is 21.4. The van der Waals surface area contributed by atoms with Crippen molar-refractivity contribution in [2.75, 3.05) is 22.9 Å². The highest BCUT2D eigenvalue weighted by Crippen LogP contribution is 2.44. The summed E-state index contributed by atoms with van der Waals surface area (Å²) in [7, 11) is 0. The summed E-state index contributed by atoms with van der Waals surface area (Å²) in [6.07, 6.45) is -2.71. The van der Waals surface area contributed by atoms with Crippen LogP contribution in [0.1, 0.15) is 36.5 Å². The van der Waals surface area contributed by atoms with Crippen molar-refractivity contribution in [3.8, 4) is 0 Å². The fraction of sp³-hybridized carbons (Fsp3) is 0.294. The van der Waals surface area contributed by atoms with Gasteiger partial charge in [0.25, 0.3) is 11.4 Å². The van der Waals surface area contributed by atoms with E-state index in [1.165, 1.54) is 12.1 Å². The Morgan fingerprint density at radius 1 is 0.862 bits per heavy atom. The molecule has 12 heteroatoms. The molecular formula is C17H22N6O6. The highest BCUT2D eigenvalue weighted by Gasteiger charge is 2.35. The van der Waals surface area contributed by atoms with Crippen LogP contribution in [-0.2, 0) is 0 Å². The van der Waals surface area contributed by atoms with Gasteiger partial charge in [0.1, 0.15) is 11.4 Å². The van der Waals surface area contributed by atoms with Crippen molar-refractivity contribution in [3.05, 3.63) is 55.6 Å². The third-order valence-corrected chi connectivity index (χ3v) is 4.67. The van der Waals surface area contributed by atoms with Crippen LogP contribution in [0.2, 0.25) is 0 Å². The standard InChI is InChI=1S/C17H22N6O6/c1-2-13(24)14(9-3-7(18)5-11(15(9)20)22(26)27)17(25)10-4-8(19)6-12(16(10)21)23(28)29/h3-6,13-14,17,24-25H,2,18-21H2,1H3. The van der Waals surface area contributed by atoms with Crippen molar-refractivity contribution in [2.24, 2.45) is 0 Å². The van der Waals surface area contributed by atoms with Gasteiger partial charge in [0.05, 0.1) is 22.1 Å². The van der Waals surface area contributed by atoms with Gasteiger partial charge in [0, 0.05) is 35.0 Å². The van der Waals surface area contributed by atoms with Crippen molar-refractivity contribution in [2.45, 2.75) is 31.5 Å². The number of aliphatic hydroxyl groups excluding tert-OH is 2. The van der Waals surface area contributed by atoms with E-state index in [0.29, 0.717) is 0 Å². The first-order valence-electron chi connectivity index (χ1n) is 8.52. The van der Waals surface area contributed by atoms with Crippen molar-refractivity contribution in [1.82, 2.24) is 0 Å². The number of nitrogens with two attached hydrogens (primary N) is 4. The molecule has 3 atom stereocenters. The van der Waals surface area contributed by atoms with Crippen LogP contribution in [0.25, 0.3) is 0 Å². The summed E-state index contributed by atoms with van der Waals surface area (Å²) < 4.78 is 0.